The van der Waals surface area contributed by atoms with Gasteiger partial charge >= 0.3 is 11.9 Å². The summed E-state index contributed by atoms with van der Waals surface area (Å²) in [6.45, 7) is 0. The van der Waals surface area contributed by atoms with Crippen LogP contribution in [0.2, 0.25) is 0 Å². The monoisotopic (exact) mass is 298 g/mol. The number of carboxylic acid groups (broad SMARTS) is 1. The Kier molecular flexibility index (Phi) is 4.93. The zero-order chi connectivity index (χ0) is 15.9. The highest BCUT2D eigenvalue weighted by Crippen LogP contribution is 2.20. The van der Waals surface area contributed by atoms with Gasteiger partial charge in [0.15, 0.2) is 0 Å². The third-order valence-corrected chi connectivity index (χ3v) is 2.87. The molecule has 0 aliphatic heterocycles. The molecule has 0 aliphatic carbocycles. The normalized spacial score (nSPS) is 10.4. The van der Waals surface area contributed by atoms with Gasteiger partial charge in [0, 0.05) is 11.6 Å². The summed E-state index contributed by atoms with van der Waals surface area (Å²) in [5.74, 6) is -1.20. The van der Waals surface area contributed by atoms with E-state index >= 15 is 0 Å². The Morgan fingerprint density at radius 3 is 2.32 bits per heavy atom. The molecule has 1 N–H and O–H groups in total. The maximum atomic E-state index is 11.8. The van der Waals surface area contributed by atoms with E-state index in [0.29, 0.717) is 11.3 Å². The molecule has 0 heterocycles. The standard InChI is InChI=1S/C17H14O5/c1-21-14-8-4-2-6-12(14)10-11-16(18)22-15-9-5-3-7-13(15)17(19)20/h2-11H,1H3,(H,19,20)/b11-10+. The summed E-state index contributed by atoms with van der Waals surface area (Å²) in [6.07, 6.45) is 2.76. The average Bonchev–Trinajstić information content (AvgIpc) is 2.53. The Morgan fingerprint density at radius 2 is 1.64 bits per heavy atom. The van der Waals surface area contributed by atoms with Crippen molar-refractivity contribution in [1.82, 2.24) is 0 Å². The Labute approximate surface area is 127 Å². The molecular weight excluding hydrogens is 284 g/mol. The summed E-state index contributed by atoms with van der Waals surface area (Å²) in [4.78, 5) is 22.9. The molecule has 5 heteroatoms. The van der Waals surface area contributed by atoms with E-state index in [0.717, 1.165) is 0 Å². The SMILES string of the molecule is COc1ccccc1/C=C/C(=O)Oc1ccccc1C(=O)O. The predicted molar refractivity (Wildman–Crippen MR) is 81.1 cm³/mol. The first-order valence-corrected chi connectivity index (χ1v) is 6.47. The Bertz CT molecular complexity index is 718. The summed E-state index contributed by atoms with van der Waals surface area (Å²) < 4.78 is 10.2. The maximum absolute atomic E-state index is 11.8. The first-order chi connectivity index (χ1) is 10.6. The Hall–Kier alpha value is -3.08. The van der Waals surface area contributed by atoms with Crippen molar-refractivity contribution in [2.24, 2.45) is 0 Å². The molecule has 0 saturated carbocycles. The van der Waals surface area contributed by atoms with E-state index in [1.807, 2.05) is 12.1 Å². The van der Waals surface area contributed by atoms with Gasteiger partial charge in [-0.05, 0) is 24.3 Å². The van der Waals surface area contributed by atoms with E-state index in [9.17, 15) is 9.59 Å². The lowest BCUT2D eigenvalue weighted by Crippen LogP contribution is -2.08. The predicted octanol–water partition coefficient (Wildman–Crippen LogP) is 3.01. The molecule has 22 heavy (non-hydrogen) atoms. The highest BCUT2D eigenvalue weighted by atomic mass is 16.5. The molecule has 0 spiro atoms. The largest absolute Gasteiger partial charge is 0.496 e. The lowest BCUT2D eigenvalue weighted by molar-refractivity contribution is -0.128. The molecule has 0 amide bonds. The van der Waals surface area contributed by atoms with Crippen LogP contribution in [0.25, 0.3) is 6.08 Å². The van der Waals surface area contributed by atoms with E-state index in [-0.39, 0.29) is 11.3 Å². The van der Waals surface area contributed by atoms with Crippen molar-refractivity contribution in [3.8, 4) is 11.5 Å². The first-order valence-electron chi connectivity index (χ1n) is 6.47. The van der Waals surface area contributed by atoms with Crippen LogP contribution >= 0.6 is 0 Å². The molecule has 0 unspecified atom stereocenters. The number of rotatable bonds is 5. The van der Waals surface area contributed by atoms with Gasteiger partial charge in [0.25, 0.3) is 0 Å². The van der Waals surface area contributed by atoms with Crippen molar-refractivity contribution >= 4 is 18.0 Å². The highest BCUT2D eigenvalue weighted by molar-refractivity contribution is 5.94. The van der Waals surface area contributed by atoms with Crippen LogP contribution in [0.5, 0.6) is 11.5 Å². The Balaban J connectivity index is 2.14. The van der Waals surface area contributed by atoms with Gasteiger partial charge in [-0.3, -0.25) is 0 Å². The summed E-state index contributed by atoms with van der Waals surface area (Å²) in [5, 5.41) is 9.03. The molecule has 0 aliphatic rings. The van der Waals surface area contributed by atoms with Gasteiger partial charge in [0.2, 0.25) is 0 Å². The summed E-state index contributed by atoms with van der Waals surface area (Å²) in [6, 6.07) is 13.1. The molecule has 2 aromatic carbocycles. The maximum Gasteiger partial charge on any atom is 0.339 e. The number of esters is 1. The summed E-state index contributed by atoms with van der Waals surface area (Å²) in [5.41, 5.74) is 0.648. The lowest BCUT2D eigenvalue weighted by Gasteiger charge is -2.05. The fourth-order valence-electron chi connectivity index (χ4n) is 1.84. The van der Waals surface area contributed by atoms with Crippen molar-refractivity contribution < 1.29 is 24.2 Å². The summed E-state index contributed by atoms with van der Waals surface area (Å²) >= 11 is 0. The fourth-order valence-corrected chi connectivity index (χ4v) is 1.84. The molecule has 2 rings (SSSR count). The van der Waals surface area contributed by atoms with Crippen LogP contribution in [0.1, 0.15) is 15.9 Å². The molecule has 0 saturated heterocycles. The molecule has 0 aromatic heterocycles. The number of methoxy groups -OCH3 is 1. The van der Waals surface area contributed by atoms with Gasteiger partial charge in [0.05, 0.1) is 7.11 Å². The number of carboxylic acids is 1. The third kappa shape index (κ3) is 3.73. The molecular formula is C17H14O5. The molecule has 0 atom stereocenters. The minimum atomic E-state index is -1.16. The number of carbonyl (C=O) groups excluding carboxylic acids is 1. The summed E-state index contributed by atoms with van der Waals surface area (Å²) in [7, 11) is 1.54. The van der Waals surface area contributed by atoms with Crippen LogP contribution < -0.4 is 9.47 Å². The highest BCUT2D eigenvalue weighted by Gasteiger charge is 2.12. The molecule has 0 radical (unpaired) electrons. The van der Waals surface area contributed by atoms with E-state index in [1.54, 1.807) is 30.3 Å². The zero-order valence-electron chi connectivity index (χ0n) is 11.9. The van der Waals surface area contributed by atoms with Crippen LogP contribution in [0.15, 0.2) is 54.6 Å². The molecule has 5 nitrogen and oxygen atoms in total. The van der Waals surface area contributed by atoms with Gasteiger partial charge < -0.3 is 14.6 Å². The second-order valence-electron chi connectivity index (χ2n) is 4.30. The second-order valence-corrected chi connectivity index (χ2v) is 4.30. The van der Waals surface area contributed by atoms with E-state index < -0.39 is 11.9 Å². The number of para-hydroxylation sites is 2. The average molecular weight is 298 g/mol. The van der Waals surface area contributed by atoms with Crippen LogP contribution in [-0.2, 0) is 4.79 Å². The molecule has 0 bridgehead atoms. The van der Waals surface area contributed by atoms with Crippen molar-refractivity contribution in [3.05, 3.63) is 65.7 Å². The zero-order valence-corrected chi connectivity index (χ0v) is 11.9. The second kappa shape index (κ2) is 7.08. The number of hydrogen-bond acceptors (Lipinski definition) is 4. The van der Waals surface area contributed by atoms with E-state index in [4.69, 9.17) is 14.6 Å². The van der Waals surface area contributed by atoms with Crippen molar-refractivity contribution in [1.29, 1.82) is 0 Å². The topological polar surface area (TPSA) is 72.8 Å². The molecule has 0 fully saturated rings. The first kappa shape index (κ1) is 15.3. The fraction of sp³-hybridized carbons (Fsp3) is 0.0588. The van der Waals surface area contributed by atoms with Crippen molar-refractivity contribution in [3.63, 3.8) is 0 Å². The smallest absolute Gasteiger partial charge is 0.339 e. The van der Waals surface area contributed by atoms with Gasteiger partial charge in [-0.2, -0.15) is 0 Å². The number of aromatic carboxylic acids is 1. The van der Waals surface area contributed by atoms with Crippen LogP contribution in [-0.4, -0.2) is 24.2 Å². The van der Waals surface area contributed by atoms with Gasteiger partial charge in [0.1, 0.15) is 17.1 Å². The Morgan fingerprint density at radius 1 is 1.00 bits per heavy atom. The van der Waals surface area contributed by atoms with Gasteiger partial charge in [-0.15, -0.1) is 0 Å². The third-order valence-electron chi connectivity index (χ3n) is 2.87. The lowest BCUT2D eigenvalue weighted by atomic mass is 10.2. The quantitative estimate of drug-likeness (QED) is 0.522. The van der Waals surface area contributed by atoms with Crippen LogP contribution in [0.3, 0.4) is 0 Å². The molecule has 112 valence electrons. The minimum Gasteiger partial charge on any atom is -0.496 e. The van der Waals surface area contributed by atoms with Crippen LogP contribution in [0, 0.1) is 0 Å². The number of benzene rings is 2. The number of carbonyl (C=O) groups is 2. The minimum absolute atomic E-state index is 0.00433. The van der Waals surface area contributed by atoms with Crippen molar-refractivity contribution in [2.45, 2.75) is 0 Å². The van der Waals surface area contributed by atoms with Crippen LogP contribution in [0.4, 0.5) is 0 Å². The van der Waals surface area contributed by atoms with Gasteiger partial charge in [-0.1, -0.05) is 30.3 Å². The van der Waals surface area contributed by atoms with E-state index in [2.05, 4.69) is 0 Å². The number of hydrogen-bond donors (Lipinski definition) is 1. The van der Waals surface area contributed by atoms with Gasteiger partial charge in [-0.25, -0.2) is 9.59 Å². The van der Waals surface area contributed by atoms with E-state index in [1.165, 1.54) is 25.3 Å². The molecule has 2 aromatic rings. The number of ether oxygens (including phenoxy) is 2. The van der Waals surface area contributed by atoms with Crippen molar-refractivity contribution in [2.75, 3.05) is 7.11 Å².